The molecule has 0 spiro atoms. The zero-order chi connectivity index (χ0) is 58.6. The number of hydrogen-bond acceptors (Lipinski definition) is 18. The summed E-state index contributed by atoms with van der Waals surface area (Å²) >= 11 is 14.4. The topological polar surface area (TPSA) is 221 Å². The maximum atomic E-state index is 14.2. The van der Waals surface area contributed by atoms with E-state index in [9.17, 15) is 33.6 Å². The van der Waals surface area contributed by atoms with E-state index in [0.717, 1.165) is 0 Å². The maximum Gasteiger partial charge on any atom is 0.338 e. The summed E-state index contributed by atoms with van der Waals surface area (Å²) in [5.74, 6) is -6.15. The summed E-state index contributed by atoms with van der Waals surface area (Å²) in [4.78, 5) is 97.6. The van der Waals surface area contributed by atoms with Crippen molar-refractivity contribution in [2.75, 3.05) is 13.2 Å². The van der Waals surface area contributed by atoms with Gasteiger partial charge in [0.25, 0.3) is 0 Å². The molecule has 84 heavy (non-hydrogen) atoms. The molecule has 0 aromatic heterocycles. The van der Waals surface area contributed by atoms with Crippen LogP contribution in [0.4, 0.5) is 0 Å². The molecule has 0 bridgehead atoms. The predicted molar refractivity (Wildman–Crippen MR) is 298 cm³/mol. The first-order valence-electron chi connectivity index (χ1n) is 26.5. The van der Waals surface area contributed by atoms with Gasteiger partial charge >= 0.3 is 41.8 Å². The third-order valence-electron chi connectivity index (χ3n) is 13.8. The maximum absolute atomic E-state index is 14.2. The van der Waals surface area contributed by atoms with Gasteiger partial charge in [-0.05, 0) is 84.9 Å². The molecule has 3 fully saturated rings. The number of carbonyl (C=O) groups excluding carboxylic acids is 7. The van der Waals surface area contributed by atoms with Crippen LogP contribution in [0.15, 0.2) is 212 Å². The molecular weight excluding hydrogens is 1130 g/mol. The first-order valence-corrected chi connectivity index (χ1v) is 27.3. The van der Waals surface area contributed by atoms with Crippen molar-refractivity contribution in [3.05, 3.63) is 251 Å². The Bertz CT molecular complexity index is 3380. The highest BCUT2D eigenvalue weighted by molar-refractivity contribution is 6.50. The first-order chi connectivity index (χ1) is 40.8. The molecule has 2 saturated heterocycles. The lowest BCUT2D eigenvalue weighted by Crippen LogP contribution is -2.67. The quantitative estimate of drug-likeness (QED) is 0.0418. The molecule has 7 aromatic rings. The first kappa shape index (κ1) is 58.4. The standard InChI is InChI=1S/C64H52Cl2O18/c65-64(66)48(78-62-53(83-60(72)44-32-18-6-19-33-44)51(81-58(70)42-28-14-4-15-29-42)46(38-75-62)76-56(68)40-24-10-2-11-25-40)36-49(64)79-63-54(84-61(73)45-34-20-7-21-35-45)52(82-59(71)43-30-16-5-17-31-43)50(80-57(69)41-26-12-3-13-27-41)47(77-63)37-74-55(67)39-22-8-1-9-23-39/h1-35,46-54,62-63H,36-38H2/t46-,47-,48-,49+,50-,51-,52+,53-,54-,62+,63+/m1/s1. The molecule has 0 amide bonds. The van der Waals surface area contributed by atoms with Crippen LogP contribution in [0.5, 0.6) is 0 Å². The molecule has 430 valence electrons. The third kappa shape index (κ3) is 14.0. The SMILES string of the molecule is O=C(OC[C@H]1O[C@@H](O[C@H]2C[C@@H](O[C@@H]3OC[C@@H](OC(=O)c4ccccc4)[C@@H](OC(=O)c4ccccc4)[C@H]3OC(=O)c3ccccc3)C2(Cl)Cl)[C@H](OC(=O)c2ccccc2)[C@@H](OC(=O)c2ccccc2)[C@@H]1OC(=O)c1ccccc1)c1ccccc1. The van der Waals surface area contributed by atoms with Crippen molar-refractivity contribution >= 4 is 65.0 Å². The van der Waals surface area contributed by atoms with Crippen LogP contribution >= 0.6 is 23.2 Å². The second-order valence-corrected chi connectivity index (χ2v) is 20.8. The van der Waals surface area contributed by atoms with Crippen molar-refractivity contribution in [2.24, 2.45) is 0 Å². The number of alkyl halides is 2. The van der Waals surface area contributed by atoms with Gasteiger partial charge in [0.15, 0.2) is 53.5 Å². The molecular formula is C64H52Cl2O18. The number of halogens is 2. The number of rotatable bonds is 19. The van der Waals surface area contributed by atoms with Gasteiger partial charge in [-0.25, -0.2) is 33.6 Å². The Morgan fingerprint density at radius 1 is 0.369 bits per heavy atom. The van der Waals surface area contributed by atoms with Crippen molar-refractivity contribution in [2.45, 2.75) is 78.3 Å². The Hall–Kier alpha value is -8.75. The molecule has 0 N–H and O–H groups in total. The summed E-state index contributed by atoms with van der Waals surface area (Å²) in [7, 11) is 0. The minimum Gasteiger partial charge on any atom is -0.459 e. The van der Waals surface area contributed by atoms with E-state index in [1.165, 1.54) is 84.9 Å². The van der Waals surface area contributed by atoms with E-state index in [4.69, 9.17) is 75.3 Å². The fourth-order valence-electron chi connectivity index (χ4n) is 9.35. The second-order valence-electron chi connectivity index (χ2n) is 19.4. The Labute approximate surface area is 491 Å². The molecule has 18 nitrogen and oxygen atoms in total. The molecule has 2 aliphatic heterocycles. The lowest BCUT2D eigenvalue weighted by atomic mass is 9.89. The summed E-state index contributed by atoms with van der Waals surface area (Å²) in [6, 6.07) is 55.4. The Balaban J connectivity index is 0.972. The van der Waals surface area contributed by atoms with E-state index in [-0.39, 0.29) is 45.4 Å². The molecule has 1 aliphatic carbocycles. The zero-order valence-electron chi connectivity index (χ0n) is 44.3. The van der Waals surface area contributed by atoms with Crippen molar-refractivity contribution in [3.8, 4) is 0 Å². The van der Waals surface area contributed by atoms with Gasteiger partial charge in [-0.1, -0.05) is 151 Å². The highest BCUT2D eigenvalue weighted by atomic mass is 35.5. The molecule has 3 aliphatic rings. The average Bonchev–Trinajstić information content (AvgIpc) is 1.28. The van der Waals surface area contributed by atoms with Crippen LogP contribution in [0, 0.1) is 0 Å². The van der Waals surface area contributed by atoms with Crippen LogP contribution in [0.25, 0.3) is 0 Å². The Morgan fingerprint density at radius 2 is 0.667 bits per heavy atom. The monoisotopic (exact) mass is 1180 g/mol. The van der Waals surface area contributed by atoms with Crippen molar-refractivity contribution in [1.82, 2.24) is 0 Å². The molecule has 1 saturated carbocycles. The van der Waals surface area contributed by atoms with Crippen molar-refractivity contribution < 1.29 is 85.7 Å². The zero-order valence-corrected chi connectivity index (χ0v) is 45.8. The number of ether oxygens (including phenoxy) is 11. The number of carbonyl (C=O) groups is 7. The average molecular weight is 1180 g/mol. The number of hydrogen-bond donors (Lipinski definition) is 0. The van der Waals surface area contributed by atoms with E-state index >= 15 is 0 Å². The van der Waals surface area contributed by atoms with Gasteiger partial charge in [0.2, 0.25) is 0 Å². The molecule has 0 radical (unpaired) electrons. The van der Waals surface area contributed by atoms with E-state index in [1.54, 1.807) is 127 Å². The molecule has 7 aromatic carbocycles. The summed E-state index contributed by atoms with van der Waals surface area (Å²) < 4.78 is 66.2. The van der Waals surface area contributed by atoms with Crippen molar-refractivity contribution in [1.29, 1.82) is 0 Å². The van der Waals surface area contributed by atoms with Gasteiger partial charge in [-0.3, -0.25) is 0 Å². The van der Waals surface area contributed by atoms with Crippen molar-refractivity contribution in [3.63, 3.8) is 0 Å². The fraction of sp³-hybridized carbons (Fsp3) is 0.234. The van der Waals surface area contributed by atoms with Crippen LogP contribution in [0.3, 0.4) is 0 Å². The molecule has 10 rings (SSSR count). The summed E-state index contributed by atoms with van der Waals surface area (Å²) in [6.07, 6.45) is -17.7. The van der Waals surface area contributed by atoms with Crippen LogP contribution in [-0.4, -0.2) is 127 Å². The van der Waals surface area contributed by atoms with Gasteiger partial charge < -0.3 is 52.1 Å². The van der Waals surface area contributed by atoms with Crippen LogP contribution in [0.1, 0.15) is 78.9 Å². The summed E-state index contributed by atoms with van der Waals surface area (Å²) in [6.45, 7) is -1.11. The number of esters is 7. The van der Waals surface area contributed by atoms with Gasteiger partial charge in [-0.2, -0.15) is 0 Å². The lowest BCUT2D eigenvalue weighted by molar-refractivity contribution is -0.332. The molecule has 2 heterocycles. The van der Waals surface area contributed by atoms with Crippen LogP contribution in [-0.2, 0) is 52.1 Å². The van der Waals surface area contributed by atoms with Gasteiger partial charge in [0.1, 0.15) is 12.7 Å². The predicted octanol–water partition coefficient (Wildman–Crippen LogP) is 9.63. The van der Waals surface area contributed by atoms with E-state index in [0.29, 0.717) is 0 Å². The van der Waals surface area contributed by atoms with E-state index in [1.807, 2.05) is 0 Å². The summed E-state index contributed by atoms with van der Waals surface area (Å²) in [5, 5.41) is 0. The largest absolute Gasteiger partial charge is 0.459 e. The second kappa shape index (κ2) is 27.1. The molecule has 0 unspecified atom stereocenters. The normalized spacial score (nSPS) is 24.1. The number of benzene rings is 7. The highest BCUT2D eigenvalue weighted by Crippen LogP contribution is 2.49. The van der Waals surface area contributed by atoms with Crippen LogP contribution in [0.2, 0.25) is 0 Å². The Morgan fingerprint density at radius 3 is 1.04 bits per heavy atom. The minimum absolute atomic E-state index is 0.0575. The van der Waals surface area contributed by atoms with Gasteiger partial charge in [0.05, 0.1) is 57.8 Å². The van der Waals surface area contributed by atoms with E-state index < -0.39 is 127 Å². The van der Waals surface area contributed by atoms with Gasteiger partial charge in [-0.15, -0.1) is 0 Å². The van der Waals surface area contributed by atoms with Gasteiger partial charge in [0, 0.05) is 6.42 Å². The smallest absolute Gasteiger partial charge is 0.338 e. The lowest BCUT2D eigenvalue weighted by Gasteiger charge is -2.52. The fourth-order valence-corrected chi connectivity index (χ4v) is 9.91. The highest BCUT2D eigenvalue weighted by Gasteiger charge is 2.62. The molecule has 11 atom stereocenters. The minimum atomic E-state index is -2.09. The Kier molecular flexibility index (Phi) is 18.9. The molecule has 20 heteroatoms. The third-order valence-corrected chi connectivity index (χ3v) is 14.8. The van der Waals surface area contributed by atoms with E-state index in [2.05, 4.69) is 0 Å². The summed E-state index contributed by atoms with van der Waals surface area (Å²) in [5.41, 5.74) is 0.751. The van der Waals surface area contributed by atoms with Crippen LogP contribution < -0.4 is 0 Å².